The monoisotopic (exact) mass is 211 g/mol. The van der Waals surface area contributed by atoms with Crippen LogP contribution in [0.25, 0.3) is 0 Å². The van der Waals surface area contributed by atoms with Crippen LogP contribution in [0.1, 0.15) is 17.2 Å². The van der Waals surface area contributed by atoms with Gasteiger partial charge in [0.25, 0.3) is 0 Å². The van der Waals surface area contributed by atoms with Gasteiger partial charge < -0.3 is 10.1 Å². The minimum atomic E-state index is 0.319. The van der Waals surface area contributed by atoms with Crippen molar-refractivity contribution in [2.24, 2.45) is 0 Å². The van der Waals surface area contributed by atoms with E-state index < -0.39 is 0 Å². The van der Waals surface area contributed by atoms with Crippen molar-refractivity contribution in [3.63, 3.8) is 0 Å². The maximum Gasteiger partial charge on any atom is 0.0662 e. The highest BCUT2D eigenvalue weighted by atomic mass is 35.5. The first-order chi connectivity index (χ1) is 6.77. The van der Waals surface area contributed by atoms with Crippen molar-refractivity contribution >= 4 is 11.6 Å². The molecule has 1 atom stereocenters. The summed E-state index contributed by atoms with van der Waals surface area (Å²) in [7, 11) is 0. The summed E-state index contributed by atoms with van der Waals surface area (Å²) in [5, 5.41) is 4.24. The second-order valence-electron chi connectivity index (χ2n) is 3.59. The van der Waals surface area contributed by atoms with Gasteiger partial charge in [-0.3, -0.25) is 0 Å². The van der Waals surface area contributed by atoms with E-state index in [1.165, 1.54) is 5.56 Å². The first kappa shape index (κ1) is 9.97. The van der Waals surface area contributed by atoms with Crippen molar-refractivity contribution < 1.29 is 4.74 Å². The van der Waals surface area contributed by atoms with Crippen LogP contribution in [0, 0.1) is 6.92 Å². The Bertz CT molecular complexity index is 321. The fourth-order valence-electron chi connectivity index (χ4n) is 1.66. The minimum absolute atomic E-state index is 0.319. The number of halogens is 1. The molecule has 0 radical (unpaired) electrons. The third-order valence-corrected chi connectivity index (χ3v) is 2.93. The Labute approximate surface area is 89.2 Å². The molecule has 1 aliphatic heterocycles. The Kier molecular flexibility index (Phi) is 3.06. The highest BCUT2D eigenvalue weighted by Crippen LogP contribution is 2.21. The molecule has 0 aliphatic carbocycles. The summed E-state index contributed by atoms with van der Waals surface area (Å²) < 4.78 is 5.41. The van der Waals surface area contributed by atoms with Crippen LogP contribution in [0.5, 0.6) is 0 Å². The van der Waals surface area contributed by atoms with Crippen LogP contribution in [0.2, 0.25) is 5.02 Å². The van der Waals surface area contributed by atoms with Crippen LogP contribution in [0.3, 0.4) is 0 Å². The van der Waals surface area contributed by atoms with Gasteiger partial charge in [0.1, 0.15) is 0 Å². The fraction of sp³-hybridized carbons (Fsp3) is 0.455. The van der Waals surface area contributed by atoms with Crippen molar-refractivity contribution in [1.29, 1.82) is 0 Å². The van der Waals surface area contributed by atoms with Crippen LogP contribution >= 0.6 is 11.6 Å². The molecule has 2 nitrogen and oxygen atoms in total. The number of morpholine rings is 1. The van der Waals surface area contributed by atoms with E-state index in [0.29, 0.717) is 6.04 Å². The molecule has 0 aromatic heterocycles. The second-order valence-corrected chi connectivity index (χ2v) is 4.00. The van der Waals surface area contributed by atoms with E-state index in [9.17, 15) is 0 Å². The summed E-state index contributed by atoms with van der Waals surface area (Å²) in [5.74, 6) is 0. The van der Waals surface area contributed by atoms with Gasteiger partial charge in [-0.2, -0.15) is 0 Å². The molecule has 2 rings (SSSR count). The highest BCUT2D eigenvalue weighted by molar-refractivity contribution is 6.31. The number of nitrogens with one attached hydrogen (secondary N) is 1. The van der Waals surface area contributed by atoms with Crippen molar-refractivity contribution in [1.82, 2.24) is 5.32 Å². The number of hydrogen-bond donors (Lipinski definition) is 1. The molecule has 1 heterocycles. The third-order valence-electron chi connectivity index (χ3n) is 2.51. The van der Waals surface area contributed by atoms with E-state index in [0.717, 1.165) is 30.3 Å². The zero-order chi connectivity index (χ0) is 9.97. The lowest BCUT2D eigenvalue weighted by molar-refractivity contribution is 0.0769. The summed E-state index contributed by atoms with van der Waals surface area (Å²) in [4.78, 5) is 0. The summed E-state index contributed by atoms with van der Waals surface area (Å²) in [5.41, 5.74) is 2.38. The topological polar surface area (TPSA) is 21.3 Å². The Morgan fingerprint density at radius 2 is 2.36 bits per heavy atom. The Hall–Kier alpha value is -0.570. The summed E-state index contributed by atoms with van der Waals surface area (Å²) in [6, 6.07) is 6.44. The molecule has 0 bridgehead atoms. The van der Waals surface area contributed by atoms with Crippen molar-refractivity contribution in [2.75, 3.05) is 19.8 Å². The van der Waals surface area contributed by atoms with Gasteiger partial charge in [0.2, 0.25) is 0 Å². The fourth-order valence-corrected chi connectivity index (χ4v) is 1.78. The highest BCUT2D eigenvalue weighted by Gasteiger charge is 2.15. The molecule has 0 saturated carbocycles. The van der Waals surface area contributed by atoms with E-state index in [1.807, 2.05) is 13.0 Å². The summed E-state index contributed by atoms with van der Waals surface area (Å²) in [6.07, 6.45) is 0. The molecule has 76 valence electrons. The maximum absolute atomic E-state index is 5.97. The minimum Gasteiger partial charge on any atom is -0.378 e. The zero-order valence-electron chi connectivity index (χ0n) is 8.22. The Balaban J connectivity index is 2.18. The van der Waals surface area contributed by atoms with Crippen LogP contribution < -0.4 is 5.32 Å². The molecule has 1 fully saturated rings. The molecule has 3 heteroatoms. The van der Waals surface area contributed by atoms with E-state index in [-0.39, 0.29) is 0 Å². The van der Waals surface area contributed by atoms with Crippen molar-refractivity contribution in [3.8, 4) is 0 Å². The Morgan fingerprint density at radius 3 is 3.00 bits per heavy atom. The van der Waals surface area contributed by atoms with Crippen molar-refractivity contribution in [2.45, 2.75) is 13.0 Å². The molecule has 0 spiro atoms. The SMILES string of the molecule is Cc1cc(C2COCCN2)ccc1Cl. The largest absolute Gasteiger partial charge is 0.378 e. The number of rotatable bonds is 1. The Morgan fingerprint density at radius 1 is 1.50 bits per heavy atom. The van der Waals surface area contributed by atoms with Gasteiger partial charge in [0.05, 0.1) is 19.3 Å². The first-order valence-corrected chi connectivity index (χ1v) is 5.22. The van der Waals surface area contributed by atoms with E-state index in [2.05, 4.69) is 17.4 Å². The predicted molar refractivity (Wildman–Crippen MR) is 57.8 cm³/mol. The molecule has 1 aromatic rings. The zero-order valence-corrected chi connectivity index (χ0v) is 8.97. The molecular formula is C11H14ClNO. The predicted octanol–water partition coefficient (Wildman–Crippen LogP) is 2.31. The average Bonchev–Trinajstić information content (AvgIpc) is 2.23. The smallest absolute Gasteiger partial charge is 0.0662 e. The quantitative estimate of drug-likeness (QED) is 0.770. The van der Waals surface area contributed by atoms with Gasteiger partial charge in [0, 0.05) is 11.6 Å². The second kappa shape index (κ2) is 4.30. The van der Waals surface area contributed by atoms with Crippen LogP contribution in [0.15, 0.2) is 18.2 Å². The summed E-state index contributed by atoms with van der Waals surface area (Å²) in [6.45, 7) is 4.51. The van der Waals surface area contributed by atoms with E-state index in [1.54, 1.807) is 0 Å². The van der Waals surface area contributed by atoms with Crippen LogP contribution in [0.4, 0.5) is 0 Å². The van der Waals surface area contributed by atoms with Crippen LogP contribution in [-0.4, -0.2) is 19.8 Å². The lowest BCUT2D eigenvalue weighted by atomic mass is 10.0. The van der Waals surface area contributed by atoms with E-state index in [4.69, 9.17) is 16.3 Å². The average molecular weight is 212 g/mol. The number of hydrogen-bond acceptors (Lipinski definition) is 2. The molecule has 1 saturated heterocycles. The molecule has 1 aromatic carbocycles. The van der Waals surface area contributed by atoms with Gasteiger partial charge in [-0.25, -0.2) is 0 Å². The standard InChI is InChI=1S/C11H14ClNO/c1-8-6-9(2-3-10(8)12)11-7-14-5-4-13-11/h2-3,6,11,13H,4-5,7H2,1H3. The molecule has 1 aliphatic rings. The first-order valence-electron chi connectivity index (χ1n) is 4.84. The van der Waals surface area contributed by atoms with E-state index >= 15 is 0 Å². The van der Waals surface area contributed by atoms with Crippen molar-refractivity contribution in [3.05, 3.63) is 34.3 Å². The normalized spacial score (nSPS) is 22.3. The maximum atomic E-state index is 5.97. The molecular weight excluding hydrogens is 198 g/mol. The van der Waals surface area contributed by atoms with Crippen LogP contribution in [-0.2, 0) is 4.74 Å². The molecule has 14 heavy (non-hydrogen) atoms. The number of benzene rings is 1. The molecule has 0 amide bonds. The number of aryl methyl sites for hydroxylation is 1. The molecule has 1 unspecified atom stereocenters. The van der Waals surface area contributed by atoms with Gasteiger partial charge in [-0.1, -0.05) is 23.7 Å². The van der Waals surface area contributed by atoms with Gasteiger partial charge >= 0.3 is 0 Å². The lowest BCUT2D eigenvalue weighted by Crippen LogP contribution is -2.34. The van der Waals surface area contributed by atoms with Gasteiger partial charge in [-0.05, 0) is 24.1 Å². The molecule has 1 N–H and O–H groups in total. The number of ether oxygens (including phenoxy) is 1. The van der Waals surface area contributed by atoms with Gasteiger partial charge in [0.15, 0.2) is 0 Å². The lowest BCUT2D eigenvalue weighted by Gasteiger charge is -2.24. The summed E-state index contributed by atoms with van der Waals surface area (Å²) >= 11 is 5.97. The third kappa shape index (κ3) is 2.08. The van der Waals surface area contributed by atoms with Gasteiger partial charge in [-0.15, -0.1) is 0 Å².